The molecule has 8 heteroatoms. The van der Waals surface area contributed by atoms with Gasteiger partial charge in [-0.3, -0.25) is 0 Å². The predicted octanol–water partition coefficient (Wildman–Crippen LogP) is 2.12. The molecule has 0 radical (unpaired) electrons. The molecular formula is C10H15F3N4S. The van der Waals surface area contributed by atoms with E-state index < -0.39 is 11.2 Å². The average Bonchev–Trinajstić information content (AvgIpc) is 2.78. The first-order valence-electron chi connectivity index (χ1n) is 5.79. The fraction of sp³-hybridized carbons (Fsp3) is 0.800. The first-order valence-corrected chi connectivity index (χ1v) is 6.61. The second-order valence-electron chi connectivity index (χ2n) is 4.59. The molecule has 2 rings (SSSR count). The highest BCUT2D eigenvalue weighted by Gasteiger charge is 2.36. The van der Waals surface area contributed by atoms with E-state index in [4.69, 9.17) is 5.73 Å². The molecule has 0 bridgehead atoms. The van der Waals surface area contributed by atoms with E-state index in [1.807, 2.05) is 11.8 Å². The fourth-order valence-corrected chi connectivity index (χ4v) is 2.82. The maximum absolute atomic E-state index is 12.4. The number of piperidine rings is 1. The summed E-state index contributed by atoms with van der Waals surface area (Å²) >= 11 is 0.598. The zero-order valence-electron chi connectivity index (χ0n) is 9.94. The number of nitrogens with two attached hydrogens (primary N) is 1. The molecule has 2 heterocycles. The number of halogens is 3. The third-order valence-electron chi connectivity index (χ3n) is 3.13. The molecule has 2 unspecified atom stereocenters. The first kappa shape index (κ1) is 13.5. The lowest BCUT2D eigenvalue weighted by Gasteiger charge is -2.34. The summed E-state index contributed by atoms with van der Waals surface area (Å²) in [6.45, 7) is 3.30. The van der Waals surface area contributed by atoms with E-state index >= 15 is 0 Å². The van der Waals surface area contributed by atoms with Gasteiger partial charge in [0.05, 0.1) is 0 Å². The topological polar surface area (TPSA) is 55.0 Å². The van der Waals surface area contributed by atoms with Crippen LogP contribution in [0.1, 0.15) is 24.8 Å². The van der Waals surface area contributed by atoms with Gasteiger partial charge >= 0.3 is 6.18 Å². The van der Waals surface area contributed by atoms with Gasteiger partial charge in [-0.05, 0) is 25.7 Å². The third kappa shape index (κ3) is 2.92. The van der Waals surface area contributed by atoms with Gasteiger partial charge < -0.3 is 10.6 Å². The molecule has 0 saturated carbocycles. The van der Waals surface area contributed by atoms with Crippen LogP contribution in [0.4, 0.5) is 18.3 Å². The summed E-state index contributed by atoms with van der Waals surface area (Å²) in [4.78, 5) is 1.85. The van der Waals surface area contributed by atoms with Crippen molar-refractivity contribution < 1.29 is 13.2 Å². The summed E-state index contributed by atoms with van der Waals surface area (Å²) in [6.07, 6.45) is -2.47. The van der Waals surface area contributed by atoms with Gasteiger partial charge in [0.2, 0.25) is 10.1 Å². The van der Waals surface area contributed by atoms with Crippen LogP contribution < -0.4 is 10.6 Å². The molecule has 18 heavy (non-hydrogen) atoms. The van der Waals surface area contributed by atoms with Crippen molar-refractivity contribution >= 4 is 16.5 Å². The predicted molar refractivity (Wildman–Crippen MR) is 63.5 cm³/mol. The Morgan fingerprint density at radius 1 is 1.44 bits per heavy atom. The summed E-state index contributed by atoms with van der Waals surface area (Å²) in [5.74, 6) is 0.303. The van der Waals surface area contributed by atoms with Crippen molar-refractivity contribution in [1.82, 2.24) is 10.2 Å². The van der Waals surface area contributed by atoms with Crippen molar-refractivity contribution in [3.8, 4) is 0 Å². The number of hydrogen-bond acceptors (Lipinski definition) is 5. The monoisotopic (exact) mass is 280 g/mol. The van der Waals surface area contributed by atoms with Gasteiger partial charge in [0.15, 0.2) is 0 Å². The number of aromatic nitrogens is 2. The highest BCUT2D eigenvalue weighted by atomic mass is 32.1. The highest BCUT2D eigenvalue weighted by Crippen LogP contribution is 2.35. The zero-order chi connectivity index (χ0) is 13.3. The minimum Gasteiger partial charge on any atom is -0.346 e. The molecule has 0 spiro atoms. The SMILES string of the molecule is CC(N)C1CCCN(c2nnc(C(F)(F)F)s2)C1. The molecule has 0 amide bonds. The molecule has 1 aromatic rings. The summed E-state index contributed by atoms with van der Waals surface area (Å²) in [7, 11) is 0. The molecule has 1 fully saturated rings. The zero-order valence-corrected chi connectivity index (χ0v) is 10.8. The third-order valence-corrected chi connectivity index (χ3v) is 4.16. The van der Waals surface area contributed by atoms with Gasteiger partial charge in [-0.25, -0.2) is 0 Å². The summed E-state index contributed by atoms with van der Waals surface area (Å²) in [5, 5.41) is 6.29. The van der Waals surface area contributed by atoms with E-state index in [9.17, 15) is 13.2 Å². The molecule has 0 aliphatic carbocycles. The summed E-state index contributed by atoms with van der Waals surface area (Å²) < 4.78 is 37.3. The Bertz CT molecular complexity index is 404. The van der Waals surface area contributed by atoms with Gasteiger partial charge in [0.25, 0.3) is 0 Å². The van der Waals surface area contributed by atoms with Crippen LogP contribution in [-0.4, -0.2) is 29.3 Å². The average molecular weight is 280 g/mol. The second kappa shape index (κ2) is 5.00. The fourth-order valence-electron chi connectivity index (χ4n) is 2.07. The van der Waals surface area contributed by atoms with E-state index in [1.54, 1.807) is 0 Å². The van der Waals surface area contributed by atoms with Crippen molar-refractivity contribution in [3.05, 3.63) is 5.01 Å². The Morgan fingerprint density at radius 2 is 2.17 bits per heavy atom. The maximum Gasteiger partial charge on any atom is 0.445 e. The van der Waals surface area contributed by atoms with E-state index in [2.05, 4.69) is 10.2 Å². The lowest BCUT2D eigenvalue weighted by Crippen LogP contribution is -2.42. The van der Waals surface area contributed by atoms with Gasteiger partial charge in [-0.15, -0.1) is 10.2 Å². The molecule has 0 aromatic carbocycles. The van der Waals surface area contributed by atoms with Crippen molar-refractivity contribution in [2.45, 2.75) is 32.0 Å². The van der Waals surface area contributed by atoms with Crippen LogP contribution in [0.25, 0.3) is 0 Å². The van der Waals surface area contributed by atoms with Crippen LogP contribution in [0.5, 0.6) is 0 Å². The Hall–Kier alpha value is -0.890. The largest absolute Gasteiger partial charge is 0.445 e. The summed E-state index contributed by atoms with van der Waals surface area (Å²) in [6, 6.07) is 0.0443. The number of rotatable bonds is 2. The molecule has 1 aliphatic rings. The van der Waals surface area contributed by atoms with E-state index in [0.29, 0.717) is 28.9 Å². The Labute approximate surface area is 107 Å². The van der Waals surface area contributed by atoms with Crippen LogP contribution in [0, 0.1) is 5.92 Å². The lowest BCUT2D eigenvalue weighted by molar-refractivity contribution is -0.138. The molecular weight excluding hydrogens is 265 g/mol. The second-order valence-corrected chi connectivity index (χ2v) is 5.55. The summed E-state index contributed by atoms with van der Waals surface area (Å²) in [5.41, 5.74) is 5.84. The van der Waals surface area contributed by atoms with Crippen LogP contribution in [0.15, 0.2) is 0 Å². The smallest absolute Gasteiger partial charge is 0.346 e. The Kier molecular flexibility index (Phi) is 3.76. The van der Waals surface area contributed by atoms with Gasteiger partial charge in [0, 0.05) is 19.1 Å². The molecule has 1 aliphatic heterocycles. The molecule has 102 valence electrons. The van der Waals surface area contributed by atoms with Gasteiger partial charge in [-0.2, -0.15) is 13.2 Å². The molecule has 1 saturated heterocycles. The normalized spacial score (nSPS) is 23.2. The van der Waals surface area contributed by atoms with E-state index in [1.165, 1.54) is 0 Å². The number of nitrogens with zero attached hydrogens (tertiary/aromatic N) is 3. The quantitative estimate of drug-likeness (QED) is 0.901. The first-order chi connectivity index (χ1) is 8.38. The number of anilines is 1. The van der Waals surface area contributed by atoms with Gasteiger partial charge in [-0.1, -0.05) is 11.3 Å². The molecule has 2 N–H and O–H groups in total. The van der Waals surface area contributed by atoms with E-state index in [0.717, 1.165) is 19.4 Å². The standard InChI is InChI=1S/C10H15F3N4S/c1-6(14)7-3-2-4-17(5-7)9-16-15-8(18-9)10(11,12)13/h6-7H,2-5,14H2,1H3. The molecule has 2 atom stereocenters. The minimum absolute atomic E-state index is 0.0443. The Morgan fingerprint density at radius 3 is 2.72 bits per heavy atom. The van der Waals surface area contributed by atoms with Crippen LogP contribution in [-0.2, 0) is 6.18 Å². The maximum atomic E-state index is 12.4. The molecule has 1 aromatic heterocycles. The van der Waals surface area contributed by atoms with Crippen molar-refractivity contribution in [2.75, 3.05) is 18.0 Å². The van der Waals surface area contributed by atoms with Crippen molar-refractivity contribution in [2.24, 2.45) is 11.7 Å². The van der Waals surface area contributed by atoms with E-state index in [-0.39, 0.29) is 6.04 Å². The minimum atomic E-state index is -4.41. The lowest BCUT2D eigenvalue weighted by atomic mass is 9.92. The highest BCUT2D eigenvalue weighted by molar-refractivity contribution is 7.15. The van der Waals surface area contributed by atoms with Crippen molar-refractivity contribution in [1.29, 1.82) is 0 Å². The van der Waals surface area contributed by atoms with Crippen LogP contribution >= 0.6 is 11.3 Å². The Balaban J connectivity index is 2.09. The number of alkyl halides is 3. The number of hydrogen-bond donors (Lipinski definition) is 1. The van der Waals surface area contributed by atoms with Crippen LogP contribution in [0.3, 0.4) is 0 Å². The van der Waals surface area contributed by atoms with Crippen molar-refractivity contribution in [3.63, 3.8) is 0 Å². The molecule has 4 nitrogen and oxygen atoms in total. The van der Waals surface area contributed by atoms with Gasteiger partial charge in [0.1, 0.15) is 0 Å². The van der Waals surface area contributed by atoms with Crippen LogP contribution in [0.2, 0.25) is 0 Å².